The molecule has 17 heavy (non-hydrogen) atoms. The van der Waals surface area contributed by atoms with Gasteiger partial charge in [-0.25, -0.2) is 0 Å². The van der Waals surface area contributed by atoms with Gasteiger partial charge in [-0.05, 0) is 33.6 Å². The Morgan fingerprint density at radius 3 is 3.06 bits per heavy atom. The number of carbonyl (C=O) groups excluding carboxylic acids is 1. The molecule has 0 fully saturated rings. The number of hydrogen-bond donors (Lipinski definition) is 1. The van der Waals surface area contributed by atoms with Crippen LogP contribution in [-0.4, -0.2) is 19.9 Å². The van der Waals surface area contributed by atoms with Gasteiger partial charge in [-0.3, -0.25) is 4.79 Å². The third-order valence-electron chi connectivity index (χ3n) is 2.49. The molecule has 6 heteroatoms. The zero-order valence-electron chi connectivity index (χ0n) is 9.23. The first kappa shape index (κ1) is 12.2. The van der Waals surface area contributed by atoms with Crippen LogP contribution in [-0.2, 0) is 9.53 Å². The summed E-state index contributed by atoms with van der Waals surface area (Å²) in [6.45, 7) is 0.198. The molecule has 0 radical (unpaired) electrons. The van der Waals surface area contributed by atoms with Crippen molar-refractivity contribution in [1.29, 1.82) is 0 Å². The van der Waals surface area contributed by atoms with Crippen LogP contribution < -0.4 is 15.2 Å². The van der Waals surface area contributed by atoms with E-state index < -0.39 is 6.04 Å². The van der Waals surface area contributed by atoms with Crippen molar-refractivity contribution >= 4 is 21.9 Å². The van der Waals surface area contributed by atoms with Gasteiger partial charge in [0.15, 0.2) is 11.5 Å². The maximum atomic E-state index is 11.1. The van der Waals surface area contributed by atoms with Gasteiger partial charge in [-0.1, -0.05) is 0 Å². The van der Waals surface area contributed by atoms with Crippen LogP contribution in [0.4, 0.5) is 0 Å². The van der Waals surface area contributed by atoms with Crippen molar-refractivity contribution in [2.45, 2.75) is 12.5 Å². The lowest BCUT2D eigenvalue weighted by Crippen LogP contribution is -2.16. The fraction of sp³-hybridized carbons (Fsp3) is 0.364. The summed E-state index contributed by atoms with van der Waals surface area (Å²) < 4.78 is 15.9. The standard InChI is InChI=1S/C11H12BrNO4/c1-15-10(14)4-8(13)6-2-7(12)11-9(3-6)16-5-17-11/h2-3,8H,4-5,13H2,1H3. The van der Waals surface area contributed by atoms with E-state index in [1.165, 1.54) is 7.11 Å². The molecule has 1 unspecified atom stereocenters. The highest BCUT2D eigenvalue weighted by molar-refractivity contribution is 9.10. The van der Waals surface area contributed by atoms with Gasteiger partial charge in [0, 0.05) is 6.04 Å². The van der Waals surface area contributed by atoms with Gasteiger partial charge in [0.1, 0.15) is 0 Å². The third-order valence-corrected chi connectivity index (χ3v) is 3.08. The average molecular weight is 302 g/mol. The zero-order valence-corrected chi connectivity index (χ0v) is 10.8. The number of ether oxygens (including phenoxy) is 3. The van der Waals surface area contributed by atoms with Crippen LogP contribution >= 0.6 is 15.9 Å². The summed E-state index contributed by atoms with van der Waals surface area (Å²) in [5, 5.41) is 0. The van der Waals surface area contributed by atoms with Crippen LogP contribution in [0.3, 0.4) is 0 Å². The molecule has 1 aromatic rings. The van der Waals surface area contributed by atoms with Gasteiger partial charge in [-0.2, -0.15) is 0 Å². The molecule has 0 bridgehead atoms. The Bertz CT molecular complexity index is 449. The van der Waals surface area contributed by atoms with Gasteiger partial charge in [0.05, 0.1) is 18.0 Å². The van der Waals surface area contributed by atoms with Crippen molar-refractivity contribution < 1.29 is 19.0 Å². The lowest BCUT2D eigenvalue weighted by molar-refractivity contribution is -0.141. The van der Waals surface area contributed by atoms with Crippen LogP contribution in [0.1, 0.15) is 18.0 Å². The summed E-state index contributed by atoms with van der Waals surface area (Å²) in [5.41, 5.74) is 6.71. The Balaban J connectivity index is 2.22. The summed E-state index contributed by atoms with van der Waals surface area (Å²) in [5.74, 6) is 0.958. The van der Waals surface area contributed by atoms with Crippen molar-refractivity contribution in [1.82, 2.24) is 0 Å². The summed E-state index contributed by atoms with van der Waals surface area (Å²) in [6, 6.07) is 3.18. The molecule has 1 aliphatic heterocycles. The number of benzene rings is 1. The van der Waals surface area contributed by atoms with Crippen molar-refractivity contribution in [2.24, 2.45) is 5.73 Å². The van der Waals surface area contributed by atoms with Crippen LogP contribution in [0.25, 0.3) is 0 Å². The Morgan fingerprint density at radius 2 is 2.35 bits per heavy atom. The molecule has 0 saturated heterocycles. The molecule has 1 aliphatic rings. The summed E-state index contributed by atoms with van der Waals surface area (Å²) >= 11 is 3.37. The lowest BCUT2D eigenvalue weighted by atomic mass is 10.0. The monoisotopic (exact) mass is 301 g/mol. The molecule has 0 aliphatic carbocycles. The number of hydrogen-bond acceptors (Lipinski definition) is 5. The largest absolute Gasteiger partial charge is 0.469 e. The second-order valence-electron chi connectivity index (χ2n) is 3.62. The van der Waals surface area contributed by atoms with E-state index in [0.29, 0.717) is 11.5 Å². The Labute approximate surface area is 107 Å². The third kappa shape index (κ3) is 2.53. The molecule has 0 spiro atoms. The number of rotatable bonds is 3. The molecule has 2 rings (SSSR count). The quantitative estimate of drug-likeness (QED) is 0.861. The smallest absolute Gasteiger partial charge is 0.307 e. The second-order valence-corrected chi connectivity index (χ2v) is 4.48. The van der Waals surface area contributed by atoms with E-state index >= 15 is 0 Å². The van der Waals surface area contributed by atoms with Crippen molar-refractivity contribution in [2.75, 3.05) is 13.9 Å². The number of halogens is 1. The van der Waals surface area contributed by atoms with E-state index in [4.69, 9.17) is 15.2 Å². The van der Waals surface area contributed by atoms with Gasteiger partial charge in [-0.15, -0.1) is 0 Å². The van der Waals surface area contributed by atoms with Crippen molar-refractivity contribution in [3.05, 3.63) is 22.2 Å². The topological polar surface area (TPSA) is 70.8 Å². The molecule has 5 nitrogen and oxygen atoms in total. The minimum absolute atomic E-state index is 0.128. The van der Waals surface area contributed by atoms with Gasteiger partial charge < -0.3 is 19.9 Å². The van der Waals surface area contributed by atoms with Crippen LogP contribution in [0.15, 0.2) is 16.6 Å². The first-order valence-electron chi connectivity index (χ1n) is 5.03. The molecule has 0 saturated carbocycles. The first-order chi connectivity index (χ1) is 8.11. The second kappa shape index (κ2) is 4.93. The fourth-order valence-electron chi connectivity index (χ4n) is 1.58. The number of nitrogens with two attached hydrogens (primary N) is 1. The van der Waals surface area contributed by atoms with E-state index in [9.17, 15) is 4.79 Å². The number of methoxy groups -OCH3 is 1. The van der Waals surface area contributed by atoms with Crippen molar-refractivity contribution in [3.8, 4) is 11.5 Å². The highest BCUT2D eigenvalue weighted by Crippen LogP contribution is 2.41. The summed E-state index contributed by atoms with van der Waals surface area (Å²) in [6.07, 6.45) is 0.128. The lowest BCUT2D eigenvalue weighted by Gasteiger charge is -2.12. The number of fused-ring (bicyclic) bond motifs is 1. The Morgan fingerprint density at radius 1 is 1.59 bits per heavy atom. The number of esters is 1. The molecule has 1 aromatic carbocycles. The normalized spacial score (nSPS) is 14.5. The van der Waals surface area contributed by atoms with E-state index in [1.807, 2.05) is 6.07 Å². The maximum Gasteiger partial charge on any atom is 0.307 e. The van der Waals surface area contributed by atoms with Gasteiger partial charge in [0.2, 0.25) is 6.79 Å². The van der Waals surface area contributed by atoms with Gasteiger partial charge in [0.25, 0.3) is 0 Å². The molecule has 0 amide bonds. The van der Waals surface area contributed by atoms with E-state index in [0.717, 1.165) is 10.0 Å². The predicted molar refractivity (Wildman–Crippen MR) is 63.8 cm³/mol. The molecule has 0 aromatic heterocycles. The van der Waals surface area contributed by atoms with Crippen LogP contribution in [0, 0.1) is 0 Å². The molecule has 92 valence electrons. The predicted octanol–water partition coefficient (Wildman–Crippen LogP) is 1.74. The summed E-state index contributed by atoms with van der Waals surface area (Å²) in [7, 11) is 1.34. The van der Waals surface area contributed by atoms with Crippen LogP contribution in [0.5, 0.6) is 11.5 Å². The highest BCUT2D eigenvalue weighted by Gasteiger charge is 2.21. The molecule has 1 heterocycles. The Kier molecular flexibility index (Phi) is 3.54. The first-order valence-corrected chi connectivity index (χ1v) is 5.82. The average Bonchev–Trinajstić information content (AvgIpc) is 2.77. The molecular formula is C11H12BrNO4. The van der Waals surface area contributed by atoms with Crippen molar-refractivity contribution in [3.63, 3.8) is 0 Å². The summed E-state index contributed by atoms with van der Waals surface area (Å²) in [4.78, 5) is 11.1. The number of carbonyl (C=O) groups is 1. The minimum Gasteiger partial charge on any atom is -0.469 e. The fourth-order valence-corrected chi connectivity index (χ4v) is 2.16. The zero-order chi connectivity index (χ0) is 12.4. The van der Waals surface area contributed by atoms with E-state index in [-0.39, 0.29) is 19.2 Å². The molecule has 2 N–H and O–H groups in total. The van der Waals surface area contributed by atoms with Crippen LogP contribution in [0.2, 0.25) is 0 Å². The van der Waals surface area contributed by atoms with Gasteiger partial charge >= 0.3 is 5.97 Å². The maximum absolute atomic E-state index is 11.1. The van der Waals surface area contributed by atoms with E-state index in [1.54, 1.807) is 6.07 Å². The Hall–Kier alpha value is -1.27. The SMILES string of the molecule is COC(=O)CC(N)c1cc(Br)c2c(c1)OCO2. The highest BCUT2D eigenvalue weighted by atomic mass is 79.9. The minimum atomic E-state index is -0.423. The van der Waals surface area contributed by atoms with E-state index in [2.05, 4.69) is 20.7 Å². The molecular weight excluding hydrogens is 290 g/mol. The molecule has 1 atom stereocenters.